The lowest BCUT2D eigenvalue weighted by Crippen LogP contribution is -2.49. The number of hydrogen-bond donors (Lipinski definition) is 2. The number of rotatable bonds is 12. The highest BCUT2D eigenvalue weighted by molar-refractivity contribution is 5.67. The lowest BCUT2D eigenvalue weighted by atomic mass is 10.0. The van der Waals surface area contributed by atoms with Gasteiger partial charge in [-0.1, -0.05) is 91.0 Å². The van der Waals surface area contributed by atoms with Gasteiger partial charge in [-0.25, -0.2) is 4.79 Å². The molecule has 1 amide bonds. The largest absolute Gasteiger partial charge is 0.445 e. The van der Waals surface area contributed by atoms with Crippen LogP contribution in [0, 0.1) is 0 Å². The molecule has 1 saturated heterocycles. The third kappa shape index (κ3) is 9.32. The molecular formula is C31H39N3O3. The first-order valence-corrected chi connectivity index (χ1v) is 13.3. The molecule has 0 saturated carbocycles. The predicted molar refractivity (Wildman–Crippen MR) is 147 cm³/mol. The number of hydrogen-bond acceptors (Lipinski definition) is 5. The summed E-state index contributed by atoms with van der Waals surface area (Å²) in [5.41, 5.74) is 3.58. The van der Waals surface area contributed by atoms with Crippen LogP contribution in [0.3, 0.4) is 0 Å². The number of piperidine rings is 1. The molecule has 1 unspecified atom stereocenters. The highest BCUT2D eigenvalue weighted by Crippen LogP contribution is 2.19. The van der Waals surface area contributed by atoms with Gasteiger partial charge in [-0.15, -0.1) is 0 Å². The molecule has 0 aliphatic carbocycles. The van der Waals surface area contributed by atoms with E-state index in [0.717, 1.165) is 51.0 Å². The molecule has 1 heterocycles. The van der Waals surface area contributed by atoms with Crippen LogP contribution in [0.15, 0.2) is 91.0 Å². The first kappa shape index (κ1) is 26.9. The van der Waals surface area contributed by atoms with Crippen molar-refractivity contribution in [1.29, 1.82) is 0 Å². The number of carbonyl (C=O) groups is 1. The third-order valence-electron chi connectivity index (χ3n) is 6.99. The number of amides is 1. The zero-order valence-electron chi connectivity index (χ0n) is 21.5. The summed E-state index contributed by atoms with van der Waals surface area (Å²) in [6, 6.07) is 31.1. The molecule has 1 fully saturated rings. The van der Waals surface area contributed by atoms with Gasteiger partial charge in [0, 0.05) is 32.2 Å². The Balaban J connectivity index is 1.26. The Morgan fingerprint density at radius 2 is 1.46 bits per heavy atom. The van der Waals surface area contributed by atoms with Gasteiger partial charge in [0.2, 0.25) is 0 Å². The van der Waals surface area contributed by atoms with Crippen molar-refractivity contribution in [1.82, 2.24) is 15.1 Å². The molecule has 6 nitrogen and oxygen atoms in total. The Bertz CT molecular complexity index is 1040. The van der Waals surface area contributed by atoms with E-state index in [1.54, 1.807) is 0 Å². The summed E-state index contributed by atoms with van der Waals surface area (Å²) in [5.74, 6) is 0. The Morgan fingerprint density at radius 3 is 2.08 bits per heavy atom. The van der Waals surface area contributed by atoms with Gasteiger partial charge in [0.05, 0.1) is 6.10 Å². The number of aliphatic hydroxyl groups is 1. The fourth-order valence-corrected chi connectivity index (χ4v) is 4.94. The first-order valence-electron chi connectivity index (χ1n) is 13.3. The highest BCUT2D eigenvalue weighted by Gasteiger charge is 2.26. The second kappa shape index (κ2) is 14.5. The van der Waals surface area contributed by atoms with Crippen LogP contribution >= 0.6 is 0 Å². The van der Waals surface area contributed by atoms with Gasteiger partial charge in [0.25, 0.3) is 0 Å². The third-order valence-corrected chi connectivity index (χ3v) is 6.99. The average Bonchev–Trinajstić information content (AvgIpc) is 2.95. The standard InChI is InChI=1S/C31H39N3O3/c35-30(22-32-31(36)37-25-28-14-8-3-9-15-28)24-34(21-16-26-10-4-1-5-11-26)29-17-19-33(20-18-29)23-27-12-6-2-7-13-27/h1-15,29-30,35H,16-25H2,(H,32,36). The van der Waals surface area contributed by atoms with Gasteiger partial charge in [-0.2, -0.15) is 0 Å². The van der Waals surface area contributed by atoms with Crippen LogP contribution in [0.25, 0.3) is 0 Å². The van der Waals surface area contributed by atoms with Gasteiger partial charge < -0.3 is 15.2 Å². The predicted octanol–water partition coefficient (Wildman–Crippen LogP) is 4.48. The van der Waals surface area contributed by atoms with E-state index >= 15 is 0 Å². The van der Waals surface area contributed by atoms with Gasteiger partial charge in [0.1, 0.15) is 6.61 Å². The summed E-state index contributed by atoms with van der Waals surface area (Å²) in [4.78, 5) is 17.1. The Labute approximate surface area is 220 Å². The van der Waals surface area contributed by atoms with Crippen LogP contribution in [0.5, 0.6) is 0 Å². The minimum Gasteiger partial charge on any atom is -0.445 e. The lowest BCUT2D eigenvalue weighted by molar-refractivity contribution is 0.0544. The zero-order chi connectivity index (χ0) is 25.7. The Morgan fingerprint density at radius 1 is 0.892 bits per heavy atom. The van der Waals surface area contributed by atoms with Crippen molar-refractivity contribution < 1.29 is 14.6 Å². The maximum absolute atomic E-state index is 12.1. The van der Waals surface area contributed by atoms with Crippen molar-refractivity contribution in [2.45, 2.75) is 44.6 Å². The number of nitrogens with one attached hydrogen (secondary N) is 1. The Kier molecular flexibility index (Phi) is 10.5. The molecule has 0 aromatic heterocycles. The van der Waals surface area contributed by atoms with Crippen molar-refractivity contribution in [3.63, 3.8) is 0 Å². The number of benzene rings is 3. The molecule has 0 spiro atoms. The number of carbonyl (C=O) groups excluding carboxylic acids is 1. The molecule has 1 atom stereocenters. The van der Waals surface area contributed by atoms with Gasteiger partial charge in [-0.05, 0) is 49.0 Å². The minimum absolute atomic E-state index is 0.169. The molecule has 4 rings (SSSR count). The number of aliphatic hydroxyl groups excluding tert-OH is 1. The van der Waals surface area contributed by atoms with Crippen molar-refractivity contribution in [3.05, 3.63) is 108 Å². The molecule has 6 heteroatoms. The molecule has 37 heavy (non-hydrogen) atoms. The van der Waals surface area contributed by atoms with Crippen LogP contribution in [-0.2, 0) is 24.3 Å². The van der Waals surface area contributed by atoms with E-state index < -0.39 is 12.2 Å². The van der Waals surface area contributed by atoms with Gasteiger partial charge in [-0.3, -0.25) is 9.80 Å². The molecular weight excluding hydrogens is 462 g/mol. The summed E-state index contributed by atoms with van der Waals surface area (Å²) in [7, 11) is 0. The molecule has 1 aliphatic rings. The SMILES string of the molecule is O=C(NCC(O)CN(CCc1ccccc1)C1CCN(Cc2ccccc2)CC1)OCc1ccccc1. The number of nitrogens with zero attached hydrogens (tertiary/aromatic N) is 2. The summed E-state index contributed by atoms with van der Waals surface area (Å²) < 4.78 is 5.29. The van der Waals surface area contributed by atoms with Crippen LogP contribution in [-0.4, -0.2) is 65.9 Å². The molecule has 1 aliphatic heterocycles. The molecule has 3 aromatic carbocycles. The monoisotopic (exact) mass is 501 g/mol. The average molecular weight is 502 g/mol. The second-order valence-corrected chi connectivity index (χ2v) is 9.82. The van der Waals surface area contributed by atoms with Crippen LogP contribution in [0.1, 0.15) is 29.5 Å². The van der Waals surface area contributed by atoms with Crippen molar-refractivity contribution >= 4 is 6.09 Å². The first-order chi connectivity index (χ1) is 18.2. The summed E-state index contributed by atoms with van der Waals surface area (Å²) >= 11 is 0. The molecule has 0 bridgehead atoms. The summed E-state index contributed by atoms with van der Waals surface area (Å²) in [6.45, 7) is 4.85. The van der Waals surface area contributed by atoms with Crippen LogP contribution in [0.2, 0.25) is 0 Å². The van der Waals surface area contributed by atoms with E-state index in [4.69, 9.17) is 4.74 Å². The number of likely N-dealkylation sites (tertiary alicyclic amines) is 1. The van der Waals surface area contributed by atoms with Crippen molar-refractivity contribution in [3.8, 4) is 0 Å². The van der Waals surface area contributed by atoms with Gasteiger partial charge >= 0.3 is 6.09 Å². The second-order valence-electron chi connectivity index (χ2n) is 9.82. The van der Waals surface area contributed by atoms with E-state index in [1.807, 2.05) is 36.4 Å². The maximum atomic E-state index is 12.1. The normalized spacial score (nSPS) is 15.4. The van der Waals surface area contributed by atoms with E-state index in [0.29, 0.717) is 12.6 Å². The minimum atomic E-state index is -0.664. The molecule has 2 N–H and O–H groups in total. The van der Waals surface area contributed by atoms with Crippen LogP contribution < -0.4 is 5.32 Å². The lowest BCUT2D eigenvalue weighted by Gasteiger charge is -2.39. The fourth-order valence-electron chi connectivity index (χ4n) is 4.94. The topological polar surface area (TPSA) is 65.0 Å². The van der Waals surface area contributed by atoms with Crippen molar-refractivity contribution in [2.24, 2.45) is 0 Å². The van der Waals surface area contributed by atoms with Gasteiger partial charge in [0.15, 0.2) is 0 Å². The highest BCUT2D eigenvalue weighted by atomic mass is 16.5. The van der Waals surface area contributed by atoms with Crippen molar-refractivity contribution in [2.75, 3.05) is 32.7 Å². The summed E-state index contributed by atoms with van der Waals surface area (Å²) in [6.07, 6.45) is 1.90. The number of alkyl carbamates (subject to hydrolysis) is 1. The van der Waals surface area contributed by atoms with Crippen LogP contribution in [0.4, 0.5) is 4.79 Å². The molecule has 3 aromatic rings. The van der Waals surface area contributed by atoms with E-state index in [1.165, 1.54) is 11.1 Å². The van der Waals surface area contributed by atoms with E-state index in [2.05, 4.69) is 69.7 Å². The molecule has 196 valence electrons. The smallest absolute Gasteiger partial charge is 0.407 e. The quantitative estimate of drug-likeness (QED) is 0.383. The zero-order valence-corrected chi connectivity index (χ0v) is 21.5. The van der Waals surface area contributed by atoms with E-state index in [-0.39, 0.29) is 13.2 Å². The summed E-state index contributed by atoms with van der Waals surface area (Å²) in [5, 5.41) is 13.5. The molecule has 0 radical (unpaired) electrons. The Hall–Kier alpha value is -3.19. The number of ether oxygens (including phenoxy) is 1. The fraction of sp³-hybridized carbons (Fsp3) is 0.387. The van der Waals surface area contributed by atoms with E-state index in [9.17, 15) is 9.90 Å². The maximum Gasteiger partial charge on any atom is 0.407 e.